The highest BCUT2D eigenvalue weighted by Gasteiger charge is 2.34. The lowest BCUT2D eigenvalue weighted by atomic mass is 9.99. The number of thiophene rings is 1. The smallest absolute Gasteiger partial charge is 0.264 e. The number of nitrogens with zero attached hydrogens (tertiary/aromatic N) is 2. The van der Waals surface area contributed by atoms with Crippen LogP contribution in [0.25, 0.3) is 10.6 Å². The van der Waals surface area contributed by atoms with Gasteiger partial charge in [0.05, 0.1) is 4.88 Å². The summed E-state index contributed by atoms with van der Waals surface area (Å²) < 4.78 is 27.8. The summed E-state index contributed by atoms with van der Waals surface area (Å²) in [6.07, 6.45) is 0.822. The van der Waals surface area contributed by atoms with Gasteiger partial charge in [0.25, 0.3) is 15.6 Å². The Morgan fingerprint density at radius 1 is 1.08 bits per heavy atom. The van der Waals surface area contributed by atoms with Gasteiger partial charge in [-0.3, -0.25) is 4.79 Å². The normalized spacial score (nSPS) is 18.2. The molecular formula is C18H17N3O3S2. The van der Waals surface area contributed by atoms with Crippen molar-refractivity contribution in [2.24, 2.45) is 0 Å². The van der Waals surface area contributed by atoms with Gasteiger partial charge in [0.15, 0.2) is 0 Å². The van der Waals surface area contributed by atoms with Crippen LogP contribution >= 0.6 is 11.3 Å². The van der Waals surface area contributed by atoms with E-state index in [0.29, 0.717) is 27.9 Å². The maximum atomic E-state index is 13.0. The van der Waals surface area contributed by atoms with E-state index in [2.05, 4.69) is 10.2 Å². The van der Waals surface area contributed by atoms with Gasteiger partial charge in [-0.05, 0) is 36.1 Å². The minimum Gasteiger partial charge on any atom is -0.268 e. The van der Waals surface area contributed by atoms with Gasteiger partial charge in [0.2, 0.25) is 0 Å². The highest BCUT2D eigenvalue weighted by atomic mass is 32.2. The van der Waals surface area contributed by atoms with Crippen molar-refractivity contribution in [1.82, 2.24) is 14.5 Å². The molecule has 0 amide bonds. The number of rotatable bonds is 4. The number of sulfonamides is 1. The molecule has 3 heterocycles. The van der Waals surface area contributed by atoms with Crippen molar-refractivity contribution in [1.29, 1.82) is 0 Å². The van der Waals surface area contributed by atoms with Gasteiger partial charge in [0, 0.05) is 19.2 Å². The average molecular weight is 387 g/mol. The van der Waals surface area contributed by atoms with Crippen molar-refractivity contribution in [3.8, 4) is 10.6 Å². The summed E-state index contributed by atoms with van der Waals surface area (Å²) >= 11 is 1.17. The molecule has 1 atom stereocenters. The van der Waals surface area contributed by atoms with Crippen molar-refractivity contribution in [3.63, 3.8) is 0 Å². The van der Waals surface area contributed by atoms with Gasteiger partial charge in [0.1, 0.15) is 9.90 Å². The summed E-state index contributed by atoms with van der Waals surface area (Å²) in [7, 11) is -3.52. The molecular weight excluding hydrogens is 370 g/mol. The number of nitrogens with one attached hydrogen (secondary N) is 1. The lowest BCUT2D eigenvalue weighted by Crippen LogP contribution is -2.28. The third-order valence-electron chi connectivity index (χ3n) is 4.53. The standard InChI is InChI=1S/C18H17N3O3S2/c22-17-8-6-15(19-20-17)16-7-9-18(25-16)26(23,24)21-11-10-14(12-21)13-4-2-1-3-5-13/h1-9,14H,10-12H2,(H,20,22)/t14-/m0/s1. The molecule has 0 saturated carbocycles. The Balaban J connectivity index is 1.56. The maximum absolute atomic E-state index is 13.0. The fraction of sp³-hybridized carbons (Fsp3) is 0.222. The zero-order chi connectivity index (χ0) is 18.1. The number of H-pyrrole nitrogens is 1. The van der Waals surface area contributed by atoms with Gasteiger partial charge < -0.3 is 0 Å². The number of hydrogen-bond acceptors (Lipinski definition) is 5. The largest absolute Gasteiger partial charge is 0.268 e. The van der Waals surface area contributed by atoms with Gasteiger partial charge in [-0.25, -0.2) is 13.5 Å². The van der Waals surface area contributed by atoms with Gasteiger partial charge >= 0.3 is 0 Å². The Hall–Kier alpha value is -2.29. The van der Waals surface area contributed by atoms with E-state index < -0.39 is 10.0 Å². The van der Waals surface area contributed by atoms with E-state index in [-0.39, 0.29) is 11.5 Å². The Labute approximate surface area is 155 Å². The maximum Gasteiger partial charge on any atom is 0.264 e. The first-order valence-corrected chi connectivity index (χ1v) is 10.5. The van der Waals surface area contributed by atoms with E-state index >= 15 is 0 Å². The molecule has 134 valence electrons. The molecule has 1 saturated heterocycles. The van der Waals surface area contributed by atoms with Crippen LogP contribution in [0.4, 0.5) is 0 Å². The van der Waals surface area contributed by atoms with Crippen LogP contribution in [0.1, 0.15) is 17.9 Å². The van der Waals surface area contributed by atoms with Crippen LogP contribution in [0, 0.1) is 0 Å². The molecule has 0 radical (unpaired) electrons. The molecule has 1 aromatic carbocycles. The van der Waals surface area contributed by atoms with Crippen molar-refractivity contribution in [2.75, 3.05) is 13.1 Å². The summed E-state index contributed by atoms with van der Waals surface area (Å²) in [6.45, 7) is 1.02. The predicted octanol–water partition coefficient (Wildman–Crippen LogP) is 2.68. The molecule has 4 rings (SSSR count). The second-order valence-electron chi connectivity index (χ2n) is 6.18. The molecule has 26 heavy (non-hydrogen) atoms. The highest BCUT2D eigenvalue weighted by molar-refractivity contribution is 7.91. The quantitative estimate of drug-likeness (QED) is 0.746. The first-order valence-electron chi connectivity index (χ1n) is 8.25. The van der Waals surface area contributed by atoms with Crippen molar-refractivity contribution >= 4 is 21.4 Å². The number of aromatic nitrogens is 2. The first kappa shape index (κ1) is 17.1. The monoisotopic (exact) mass is 387 g/mol. The molecule has 1 aliphatic heterocycles. The molecule has 6 nitrogen and oxygen atoms in total. The molecule has 8 heteroatoms. The summed E-state index contributed by atoms with van der Waals surface area (Å²) in [5.41, 5.74) is 1.44. The highest BCUT2D eigenvalue weighted by Crippen LogP contribution is 2.35. The molecule has 0 spiro atoms. The average Bonchev–Trinajstić information content (AvgIpc) is 3.34. The molecule has 0 bridgehead atoms. The van der Waals surface area contributed by atoms with E-state index in [9.17, 15) is 13.2 Å². The molecule has 3 aromatic rings. The molecule has 0 unspecified atom stereocenters. The van der Waals surface area contributed by atoms with Crippen molar-refractivity contribution in [2.45, 2.75) is 16.5 Å². The van der Waals surface area contributed by atoms with E-state index in [1.54, 1.807) is 22.5 Å². The fourth-order valence-corrected chi connectivity index (χ4v) is 6.08. The third kappa shape index (κ3) is 3.23. The Bertz CT molecular complexity index is 1050. The van der Waals surface area contributed by atoms with Gasteiger partial charge in [-0.2, -0.15) is 9.40 Å². The van der Waals surface area contributed by atoms with Crippen LogP contribution in [0.3, 0.4) is 0 Å². The van der Waals surface area contributed by atoms with E-state index in [1.807, 2.05) is 30.3 Å². The zero-order valence-electron chi connectivity index (χ0n) is 13.8. The molecule has 2 aromatic heterocycles. The fourth-order valence-electron chi connectivity index (χ4n) is 3.15. The Kier molecular flexibility index (Phi) is 4.47. The van der Waals surface area contributed by atoms with Crippen LogP contribution < -0.4 is 5.56 Å². The van der Waals surface area contributed by atoms with Crippen molar-refractivity contribution in [3.05, 3.63) is 70.5 Å². The number of aromatic amines is 1. The van der Waals surface area contributed by atoms with Crippen LogP contribution in [-0.2, 0) is 10.0 Å². The van der Waals surface area contributed by atoms with Crippen LogP contribution in [0.15, 0.2) is 63.6 Å². The van der Waals surface area contributed by atoms with Crippen LogP contribution in [0.2, 0.25) is 0 Å². The SMILES string of the molecule is O=c1ccc(-c2ccc(S(=O)(=O)N3CC[C@H](c4ccccc4)C3)s2)n[nH]1. The summed E-state index contributed by atoms with van der Waals surface area (Å²) in [5, 5.41) is 6.32. The van der Waals surface area contributed by atoms with E-state index in [1.165, 1.54) is 23.0 Å². The number of hydrogen-bond donors (Lipinski definition) is 1. The van der Waals surface area contributed by atoms with Crippen LogP contribution in [-0.4, -0.2) is 36.0 Å². The van der Waals surface area contributed by atoms with Gasteiger partial charge in [-0.1, -0.05) is 30.3 Å². The van der Waals surface area contributed by atoms with Gasteiger partial charge in [-0.15, -0.1) is 11.3 Å². The van der Waals surface area contributed by atoms with Crippen LogP contribution in [0.5, 0.6) is 0 Å². The lowest BCUT2D eigenvalue weighted by molar-refractivity contribution is 0.474. The third-order valence-corrected chi connectivity index (χ3v) is 7.97. The second-order valence-corrected chi connectivity index (χ2v) is 9.43. The lowest BCUT2D eigenvalue weighted by Gasteiger charge is -2.15. The Morgan fingerprint density at radius 2 is 1.88 bits per heavy atom. The molecule has 1 fully saturated rings. The number of benzene rings is 1. The molecule has 0 aliphatic carbocycles. The summed E-state index contributed by atoms with van der Waals surface area (Å²) in [5.74, 6) is 0.228. The topological polar surface area (TPSA) is 83.1 Å². The summed E-state index contributed by atoms with van der Waals surface area (Å²) in [4.78, 5) is 11.8. The summed E-state index contributed by atoms with van der Waals surface area (Å²) in [6, 6.07) is 16.3. The minimum atomic E-state index is -3.52. The Morgan fingerprint density at radius 3 is 2.62 bits per heavy atom. The van der Waals surface area contributed by atoms with E-state index in [4.69, 9.17) is 0 Å². The van der Waals surface area contributed by atoms with Crippen molar-refractivity contribution < 1.29 is 8.42 Å². The second kappa shape index (κ2) is 6.79. The van der Waals surface area contributed by atoms with E-state index in [0.717, 1.165) is 6.42 Å². The first-order chi connectivity index (χ1) is 12.5. The zero-order valence-corrected chi connectivity index (χ0v) is 15.5. The minimum absolute atomic E-state index is 0.228. The molecule has 1 N–H and O–H groups in total. The molecule has 1 aliphatic rings. The predicted molar refractivity (Wildman–Crippen MR) is 101 cm³/mol.